The first-order valence-corrected chi connectivity index (χ1v) is 4.78. The summed E-state index contributed by atoms with van der Waals surface area (Å²) in [7, 11) is 0. The van der Waals surface area contributed by atoms with E-state index < -0.39 is 17.7 Å². The van der Waals surface area contributed by atoms with Gasteiger partial charge in [-0.05, 0) is 23.2 Å². The SMILES string of the molecule is N#CC(NCCN=[N+]=[N-])c1ccc(F)c(F)c1. The number of hydrogen-bond acceptors (Lipinski definition) is 3. The fourth-order valence-electron chi connectivity index (χ4n) is 1.23. The third-order valence-electron chi connectivity index (χ3n) is 2.03. The molecule has 0 aliphatic heterocycles. The fraction of sp³-hybridized carbons (Fsp3) is 0.300. The number of benzene rings is 1. The summed E-state index contributed by atoms with van der Waals surface area (Å²) in [5, 5.41) is 14.9. The van der Waals surface area contributed by atoms with Gasteiger partial charge in [0.15, 0.2) is 11.6 Å². The molecule has 0 bridgehead atoms. The Morgan fingerprint density at radius 3 is 2.82 bits per heavy atom. The molecule has 0 aromatic heterocycles. The van der Waals surface area contributed by atoms with Gasteiger partial charge in [-0.2, -0.15) is 5.26 Å². The molecule has 0 fully saturated rings. The predicted molar refractivity (Wildman–Crippen MR) is 56.7 cm³/mol. The Hall–Kier alpha value is -2.16. The van der Waals surface area contributed by atoms with E-state index in [9.17, 15) is 8.78 Å². The van der Waals surface area contributed by atoms with Gasteiger partial charge in [0, 0.05) is 18.0 Å². The van der Waals surface area contributed by atoms with Crippen molar-refractivity contribution >= 4 is 0 Å². The zero-order valence-corrected chi connectivity index (χ0v) is 8.77. The Balaban J connectivity index is 2.70. The average molecular weight is 237 g/mol. The second-order valence-electron chi connectivity index (χ2n) is 3.14. The molecule has 1 aromatic carbocycles. The number of nitrogens with zero attached hydrogens (tertiary/aromatic N) is 4. The maximum Gasteiger partial charge on any atom is 0.159 e. The Bertz CT molecular complexity index is 476. The second kappa shape index (κ2) is 6.43. The molecule has 0 aliphatic rings. The summed E-state index contributed by atoms with van der Waals surface area (Å²) in [6, 6.07) is 4.39. The van der Waals surface area contributed by atoms with Crippen LogP contribution >= 0.6 is 0 Å². The van der Waals surface area contributed by atoms with Crippen molar-refractivity contribution in [3.8, 4) is 6.07 Å². The normalized spacial score (nSPS) is 11.4. The van der Waals surface area contributed by atoms with Crippen molar-refractivity contribution < 1.29 is 8.78 Å². The van der Waals surface area contributed by atoms with Gasteiger partial charge in [-0.1, -0.05) is 11.2 Å². The summed E-state index contributed by atoms with van der Waals surface area (Å²) in [5.41, 5.74) is 8.37. The van der Waals surface area contributed by atoms with Crippen LogP contribution in [0, 0.1) is 23.0 Å². The van der Waals surface area contributed by atoms with E-state index >= 15 is 0 Å². The van der Waals surface area contributed by atoms with Crippen molar-refractivity contribution in [1.82, 2.24) is 5.32 Å². The lowest BCUT2D eigenvalue weighted by Gasteiger charge is -2.10. The van der Waals surface area contributed by atoms with Crippen LogP contribution in [0.3, 0.4) is 0 Å². The van der Waals surface area contributed by atoms with Crippen molar-refractivity contribution in [3.05, 3.63) is 45.8 Å². The average Bonchev–Trinajstić information content (AvgIpc) is 2.33. The summed E-state index contributed by atoms with van der Waals surface area (Å²) in [5.74, 6) is -1.96. The van der Waals surface area contributed by atoms with Gasteiger partial charge in [-0.3, -0.25) is 5.32 Å². The quantitative estimate of drug-likeness (QED) is 0.369. The van der Waals surface area contributed by atoms with E-state index in [1.54, 1.807) is 0 Å². The monoisotopic (exact) mass is 237 g/mol. The van der Waals surface area contributed by atoms with Crippen LogP contribution in [0.5, 0.6) is 0 Å². The maximum atomic E-state index is 12.9. The van der Waals surface area contributed by atoms with E-state index in [2.05, 4.69) is 15.3 Å². The van der Waals surface area contributed by atoms with E-state index in [0.29, 0.717) is 5.56 Å². The number of nitrogens with one attached hydrogen (secondary N) is 1. The van der Waals surface area contributed by atoms with Gasteiger partial charge in [0.1, 0.15) is 6.04 Å². The molecule has 5 nitrogen and oxygen atoms in total. The molecule has 0 saturated heterocycles. The topological polar surface area (TPSA) is 84.6 Å². The number of azide groups is 1. The molecule has 0 spiro atoms. The van der Waals surface area contributed by atoms with Crippen LogP contribution in [-0.2, 0) is 0 Å². The zero-order chi connectivity index (χ0) is 12.7. The van der Waals surface area contributed by atoms with Crippen LogP contribution in [0.15, 0.2) is 23.3 Å². The lowest BCUT2D eigenvalue weighted by molar-refractivity contribution is 0.504. The van der Waals surface area contributed by atoms with E-state index in [4.69, 9.17) is 10.8 Å². The zero-order valence-electron chi connectivity index (χ0n) is 8.77. The molecule has 1 rings (SSSR count). The molecule has 1 N–H and O–H groups in total. The summed E-state index contributed by atoms with van der Waals surface area (Å²) in [4.78, 5) is 2.55. The standard InChI is InChI=1S/C10H9F2N5/c11-8-2-1-7(5-9(8)12)10(6-13)15-3-4-16-17-14/h1-2,5,10,15H,3-4H2. The van der Waals surface area contributed by atoms with Gasteiger partial charge in [0.2, 0.25) is 0 Å². The van der Waals surface area contributed by atoms with E-state index in [1.165, 1.54) is 6.07 Å². The van der Waals surface area contributed by atoms with E-state index in [0.717, 1.165) is 12.1 Å². The van der Waals surface area contributed by atoms with Gasteiger partial charge in [-0.25, -0.2) is 8.78 Å². The lowest BCUT2D eigenvalue weighted by Crippen LogP contribution is -2.22. The molecule has 17 heavy (non-hydrogen) atoms. The number of nitriles is 1. The van der Waals surface area contributed by atoms with Gasteiger partial charge in [0.05, 0.1) is 6.07 Å². The molecule has 1 unspecified atom stereocenters. The Morgan fingerprint density at radius 1 is 1.47 bits per heavy atom. The minimum Gasteiger partial charge on any atom is -0.298 e. The molecule has 0 saturated carbocycles. The third-order valence-corrected chi connectivity index (χ3v) is 2.03. The molecular formula is C10H9F2N5. The third kappa shape index (κ3) is 3.72. The van der Waals surface area contributed by atoms with E-state index in [1.807, 2.05) is 6.07 Å². The van der Waals surface area contributed by atoms with Gasteiger partial charge in [0.25, 0.3) is 0 Å². The Morgan fingerprint density at radius 2 is 2.24 bits per heavy atom. The molecular weight excluding hydrogens is 228 g/mol. The minimum atomic E-state index is -1.00. The number of hydrogen-bond donors (Lipinski definition) is 1. The number of halogens is 2. The maximum absolute atomic E-state index is 12.9. The van der Waals surface area contributed by atoms with Crippen molar-refractivity contribution in [3.63, 3.8) is 0 Å². The van der Waals surface area contributed by atoms with Crippen molar-refractivity contribution in [2.45, 2.75) is 6.04 Å². The summed E-state index contributed by atoms with van der Waals surface area (Å²) < 4.78 is 25.6. The highest BCUT2D eigenvalue weighted by atomic mass is 19.2. The molecule has 88 valence electrons. The first-order chi connectivity index (χ1) is 8.19. The Kier molecular flexibility index (Phi) is 4.88. The minimum absolute atomic E-state index is 0.179. The first kappa shape index (κ1) is 12.9. The summed E-state index contributed by atoms with van der Waals surface area (Å²) in [6.45, 7) is 0.458. The van der Waals surface area contributed by atoms with Crippen LogP contribution in [-0.4, -0.2) is 13.1 Å². The van der Waals surface area contributed by atoms with Gasteiger partial charge in [-0.15, -0.1) is 0 Å². The smallest absolute Gasteiger partial charge is 0.159 e. The number of rotatable bonds is 5. The highest BCUT2D eigenvalue weighted by Crippen LogP contribution is 2.15. The largest absolute Gasteiger partial charge is 0.298 e. The molecule has 0 amide bonds. The van der Waals surface area contributed by atoms with Crippen LogP contribution < -0.4 is 5.32 Å². The molecule has 1 atom stereocenters. The Labute approximate surface area is 96.3 Å². The van der Waals surface area contributed by atoms with Crippen LogP contribution in [0.1, 0.15) is 11.6 Å². The summed E-state index contributed by atoms with van der Waals surface area (Å²) >= 11 is 0. The van der Waals surface area contributed by atoms with Crippen LogP contribution in [0.4, 0.5) is 8.78 Å². The highest BCUT2D eigenvalue weighted by Gasteiger charge is 2.11. The predicted octanol–water partition coefficient (Wildman–Crippen LogP) is 2.43. The van der Waals surface area contributed by atoms with Crippen LogP contribution in [0.25, 0.3) is 10.4 Å². The molecule has 0 radical (unpaired) electrons. The fourth-order valence-corrected chi connectivity index (χ4v) is 1.23. The first-order valence-electron chi connectivity index (χ1n) is 4.78. The highest BCUT2D eigenvalue weighted by molar-refractivity contribution is 5.25. The molecule has 0 heterocycles. The van der Waals surface area contributed by atoms with Gasteiger partial charge >= 0.3 is 0 Å². The van der Waals surface area contributed by atoms with E-state index in [-0.39, 0.29) is 13.1 Å². The molecule has 0 aliphatic carbocycles. The summed E-state index contributed by atoms with van der Waals surface area (Å²) in [6.07, 6.45) is 0. The lowest BCUT2D eigenvalue weighted by atomic mass is 10.1. The van der Waals surface area contributed by atoms with Crippen molar-refractivity contribution in [2.24, 2.45) is 5.11 Å². The van der Waals surface area contributed by atoms with Crippen molar-refractivity contribution in [2.75, 3.05) is 13.1 Å². The van der Waals surface area contributed by atoms with Gasteiger partial charge < -0.3 is 0 Å². The molecule has 7 heteroatoms. The van der Waals surface area contributed by atoms with Crippen molar-refractivity contribution in [1.29, 1.82) is 5.26 Å². The van der Waals surface area contributed by atoms with Crippen LogP contribution in [0.2, 0.25) is 0 Å². The molecule has 1 aromatic rings. The second-order valence-corrected chi connectivity index (χ2v) is 3.14.